The fraction of sp³-hybridized carbons (Fsp3) is 0.267. The van der Waals surface area contributed by atoms with E-state index in [1.807, 2.05) is 0 Å². The Bertz CT molecular complexity index is 770. The van der Waals surface area contributed by atoms with Crippen LogP contribution in [0.3, 0.4) is 0 Å². The summed E-state index contributed by atoms with van der Waals surface area (Å²) in [6.45, 7) is 1.36. The summed E-state index contributed by atoms with van der Waals surface area (Å²) in [4.78, 5) is 22.9. The molecule has 1 aromatic carbocycles. The van der Waals surface area contributed by atoms with Crippen molar-refractivity contribution in [1.82, 2.24) is 15.5 Å². The fourth-order valence-electron chi connectivity index (χ4n) is 2.13. The lowest BCUT2D eigenvalue weighted by Gasteiger charge is -2.12. The van der Waals surface area contributed by atoms with Gasteiger partial charge in [0.25, 0.3) is 11.5 Å². The molecule has 7 nitrogen and oxygen atoms in total. The molecule has 0 radical (unpaired) electrons. The van der Waals surface area contributed by atoms with E-state index in [1.165, 1.54) is 12.1 Å². The van der Waals surface area contributed by atoms with Crippen molar-refractivity contribution in [3.63, 3.8) is 0 Å². The number of aromatic nitrogens is 2. The maximum absolute atomic E-state index is 12.0. The van der Waals surface area contributed by atoms with Crippen LogP contribution in [0.1, 0.15) is 22.5 Å². The summed E-state index contributed by atoms with van der Waals surface area (Å²) in [5, 5.41) is 9.03. The van der Waals surface area contributed by atoms with Crippen molar-refractivity contribution in [3.8, 4) is 11.5 Å². The molecular weight excluding hydrogens is 322 g/mol. The minimum Gasteiger partial charge on any atom is -0.489 e. The molecule has 0 bridgehead atoms. The Hall–Kier alpha value is -2.54. The largest absolute Gasteiger partial charge is 0.489 e. The number of carbonyl (C=O) groups excluding carboxylic acids is 1. The molecule has 2 aromatic rings. The van der Waals surface area contributed by atoms with Crippen LogP contribution in [0.15, 0.2) is 29.1 Å². The Morgan fingerprint density at radius 3 is 2.91 bits per heavy atom. The number of aromatic amines is 1. The number of carbonyl (C=O) groups is 1. The van der Waals surface area contributed by atoms with Gasteiger partial charge in [0, 0.05) is 19.0 Å². The van der Waals surface area contributed by atoms with Crippen LogP contribution in [0.5, 0.6) is 11.5 Å². The molecule has 1 aromatic heterocycles. The van der Waals surface area contributed by atoms with Gasteiger partial charge in [-0.15, -0.1) is 0 Å². The van der Waals surface area contributed by atoms with E-state index >= 15 is 0 Å². The van der Waals surface area contributed by atoms with Crippen molar-refractivity contribution in [1.29, 1.82) is 0 Å². The summed E-state index contributed by atoms with van der Waals surface area (Å²) in [5.41, 5.74) is 0.540. The number of hydrogen-bond acceptors (Lipinski definition) is 5. The minimum atomic E-state index is -0.399. The number of hydrogen-bond donors (Lipinski definition) is 2. The molecule has 23 heavy (non-hydrogen) atoms. The summed E-state index contributed by atoms with van der Waals surface area (Å²) in [6, 6.07) is 6.10. The first-order valence-corrected chi connectivity index (χ1v) is 7.43. The van der Waals surface area contributed by atoms with Crippen molar-refractivity contribution in [2.45, 2.75) is 13.0 Å². The van der Waals surface area contributed by atoms with E-state index in [1.54, 1.807) is 12.1 Å². The molecular formula is C15H14ClN3O4. The third kappa shape index (κ3) is 3.62. The molecule has 120 valence electrons. The van der Waals surface area contributed by atoms with Crippen LogP contribution in [0.4, 0.5) is 0 Å². The average molecular weight is 336 g/mol. The highest BCUT2D eigenvalue weighted by molar-refractivity contribution is 6.32. The highest BCUT2D eigenvalue weighted by Gasteiger charge is 2.16. The molecule has 0 saturated heterocycles. The molecule has 0 unspecified atom stereocenters. The van der Waals surface area contributed by atoms with E-state index in [0.29, 0.717) is 29.7 Å². The molecule has 0 spiro atoms. The lowest BCUT2D eigenvalue weighted by atomic mass is 10.2. The summed E-state index contributed by atoms with van der Waals surface area (Å²) in [5.74, 6) is 0.701. The van der Waals surface area contributed by atoms with Crippen molar-refractivity contribution in [3.05, 3.63) is 50.9 Å². The Morgan fingerprint density at radius 1 is 1.30 bits per heavy atom. The van der Waals surface area contributed by atoms with Crippen molar-refractivity contribution in [2.75, 3.05) is 13.2 Å². The van der Waals surface area contributed by atoms with Gasteiger partial charge in [0.15, 0.2) is 11.5 Å². The summed E-state index contributed by atoms with van der Waals surface area (Å²) in [7, 11) is 0. The number of nitrogens with zero attached hydrogens (tertiary/aromatic N) is 1. The first-order valence-electron chi connectivity index (χ1n) is 7.05. The van der Waals surface area contributed by atoms with Crippen LogP contribution < -0.4 is 20.3 Å². The van der Waals surface area contributed by atoms with E-state index < -0.39 is 5.91 Å². The van der Waals surface area contributed by atoms with Gasteiger partial charge in [0.05, 0.1) is 18.2 Å². The Kier molecular flexibility index (Phi) is 4.47. The Labute approximate surface area is 136 Å². The number of benzene rings is 1. The van der Waals surface area contributed by atoms with E-state index in [4.69, 9.17) is 21.1 Å². The van der Waals surface area contributed by atoms with E-state index in [9.17, 15) is 9.59 Å². The smallest absolute Gasteiger partial charge is 0.271 e. The number of fused-ring (bicyclic) bond motifs is 1. The average Bonchev–Trinajstić information content (AvgIpc) is 2.79. The molecule has 0 aliphatic carbocycles. The van der Waals surface area contributed by atoms with Crippen molar-refractivity contribution >= 4 is 17.5 Å². The first kappa shape index (κ1) is 15.4. The van der Waals surface area contributed by atoms with E-state index in [0.717, 1.165) is 12.0 Å². The second kappa shape index (κ2) is 6.70. The third-order valence-electron chi connectivity index (χ3n) is 3.23. The minimum absolute atomic E-state index is 0.130. The summed E-state index contributed by atoms with van der Waals surface area (Å²) in [6.07, 6.45) is 0.787. The Balaban J connectivity index is 1.72. The van der Waals surface area contributed by atoms with Crippen LogP contribution in [0.25, 0.3) is 0 Å². The number of ether oxygens (including phenoxy) is 2. The molecule has 0 fully saturated rings. The van der Waals surface area contributed by atoms with E-state index in [-0.39, 0.29) is 17.8 Å². The van der Waals surface area contributed by atoms with Crippen LogP contribution >= 0.6 is 11.6 Å². The molecule has 0 saturated carbocycles. The maximum atomic E-state index is 12.0. The van der Waals surface area contributed by atoms with Crippen LogP contribution in [-0.4, -0.2) is 29.3 Å². The van der Waals surface area contributed by atoms with Gasteiger partial charge in [-0.2, -0.15) is 5.10 Å². The van der Waals surface area contributed by atoms with Crippen LogP contribution in [-0.2, 0) is 6.54 Å². The van der Waals surface area contributed by atoms with Crippen LogP contribution in [0, 0.1) is 0 Å². The third-order valence-corrected chi connectivity index (χ3v) is 3.51. The molecule has 1 amide bonds. The summed E-state index contributed by atoms with van der Waals surface area (Å²) >= 11 is 6.20. The highest BCUT2D eigenvalue weighted by Crippen LogP contribution is 2.37. The second-order valence-electron chi connectivity index (χ2n) is 4.94. The number of nitrogens with one attached hydrogen (secondary N) is 2. The van der Waals surface area contributed by atoms with Gasteiger partial charge in [-0.1, -0.05) is 11.6 Å². The predicted molar refractivity (Wildman–Crippen MR) is 83.1 cm³/mol. The summed E-state index contributed by atoms with van der Waals surface area (Å²) < 4.78 is 11.2. The number of H-pyrrole nitrogens is 1. The topological polar surface area (TPSA) is 93.3 Å². The molecule has 3 rings (SSSR count). The normalized spacial score (nSPS) is 13.3. The first-order chi connectivity index (χ1) is 11.1. The van der Waals surface area contributed by atoms with Crippen LogP contribution in [0.2, 0.25) is 5.02 Å². The molecule has 2 N–H and O–H groups in total. The standard InChI is InChI=1S/C15H14ClN3O4/c16-10-6-9(7-12-14(10)23-5-1-4-22-12)8-17-15(21)11-2-3-13(20)19-18-11/h2-3,6-7H,1,4-5,8H2,(H,17,21)(H,19,20). The van der Waals surface area contributed by atoms with Gasteiger partial charge >= 0.3 is 0 Å². The zero-order valence-corrected chi connectivity index (χ0v) is 12.9. The van der Waals surface area contributed by atoms with Gasteiger partial charge in [0.1, 0.15) is 5.69 Å². The zero-order valence-electron chi connectivity index (χ0n) is 12.1. The highest BCUT2D eigenvalue weighted by atomic mass is 35.5. The number of rotatable bonds is 3. The number of halogens is 1. The zero-order chi connectivity index (χ0) is 16.2. The van der Waals surface area contributed by atoms with E-state index in [2.05, 4.69) is 15.5 Å². The van der Waals surface area contributed by atoms with Gasteiger partial charge in [-0.05, 0) is 23.8 Å². The quantitative estimate of drug-likeness (QED) is 0.887. The lowest BCUT2D eigenvalue weighted by Crippen LogP contribution is -2.25. The predicted octanol–water partition coefficient (Wildman–Crippen LogP) is 1.51. The molecule has 2 heterocycles. The molecule has 1 aliphatic rings. The monoisotopic (exact) mass is 335 g/mol. The molecule has 8 heteroatoms. The fourth-order valence-corrected chi connectivity index (χ4v) is 2.42. The molecule has 1 aliphatic heterocycles. The maximum Gasteiger partial charge on any atom is 0.271 e. The lowest BCUT2D eigenvalue weighted by molar-refractivity contribution is 0.0944. The number of amides is 1. The van der Waals surface area contributed by atoms with Crippen molar-refractivity contribution in [2.24, 2.45) is 0 Å². The van der Waals surface area contributed by atoms with Gasteiger partial charge in [-0.3, -0.25) is 9.59 Å². The van der Waals surface area contributed by atoms with Gasteiger partial charge in [0.2, 0.25) is 0 Å². The van der Waals surface area contributed by atoms with Gasteiger partial charge < -0.3 is 14.8 Å². The molecule has 0 atom stereocenters. The second-order valence-corrected chi connectivity index (χ2v) is 5.35. The SMILES string of the molecule is O=C(NCc1cc(Cl)c2c(c1)OCCCO2)c1ccc(=O)[nH]n1. The van der Waals surface area contributed by atoms with Gasteiger partial charge in [-0.25, -0.2) is 5.10 Å². The Morgan fingerprint density at radius 2 is 2.13 bits per heavy atom. The van der Waals surface area contributed by atoms with Crippen molar-refractivity contribution < 1.29 is 14.3 Å².